The van der Waals surface area contributed by atoms with Crippen molar-refractivity contribution in [3.05, 3.63) is 40.4 Å². The predicted octanol–water partition coefficient (Wildman–Crippen LogP) is 4.22. The highest BCUT2D eigenvalue weighted by Gasteiger charge is 2.04. The summed E-state index contributed by atoms with van der Waals surface area (Å²) in [5.41, 5.74) is 1.42. The minimum absolute atomic E-state index is 0.506. The van der Waals surface area contributed by atoms with E-state index in [-0.39, 0.29) is 0 Å². The lowest BCUT2D eigenvalue weighted by Crippen LogP contribution is -1.83. The number of benzene rings is 1. The molecule has 0 saturated heterocycles. The molecular formula is C11H9Cl2N. The summed E-state index contributed by atoms with van der Waals surface area (Å²) in [6.45, 7) is 1.90. The van der Waals surface area contributed by atoms with Gasteiger partial charge in [0, 0.05) is 10.6 Å². The quantitative estimate of drug-likeness (QED) is 0.692. The molecule has 0 aliphatic heterocycles. The lowest BCUT2D eigenvalue weighted by Gasteiger charge is -2.01. The summed E-state index contributed by atoms with van der Waals surface area (Å²) in [4.78, 5) is 0. The normalized spacial score (nSPS) is 11.9. The molecule has 3 heteroatoms. The van der Waals surface area contributed by atoms with E-state index in [2.05, 4.69) is 6.07 Å². The van der Waals surface area contributed by atoms with Crippen LogP contribution >= 0.6 is 23.2 Å². The first-order valence-electron chi connectivity index (χ1n) is 4.23. The van der Waals surface area contributed by atoms with E-state index >= 15 is 0 Å². The number of hydrogen-bond donors (Lipinski definition) is 0. The fourth-order valence-corrected chi connectivity index (χ4v) is 1.48. The van der Waals surface area contributed by atoms with Gasteiger partial charge in [-0.25, -0.2) is 0 Å². The van der Waals surface area contributed by atoms with Crippen LogP contribution in [0.2, 0.25) is 5.02 Å². The Kier molecular flexibility index (Phi) is 4.00. The maximum absolute atomic E-state index is 8.79. The summed E-state index contributed by atoms with van der Waals surface area (Å²) in [5.74, 6) is 0. The first-order valence-corrected chi connectivity index (χ1v) is 4.99. The van der Waals surface area contributed by atoms with Crippen LogP contribution in [0, 0.1) is 11.3 Å². The molecule has 0 N–H and O–H groups in total. The SMILES string of the molecule is CCC(C#N)=C(Cl)c1ccc(Cl)cc1. The zero-order chi connectivity index (χ0) is 10.6. The molecule has 0 amide bonds. The molecule has 14 heavy (non-hydrogen) atoms. The standard InChI is InChI=1S/C11H9Cl2N/c1-2-8(7-14)11(13)9-3-5-10(12)6-4-9/h3-6H,2H2,1H3. The molecule has 1 nitrogen and oxygen atoms in total. The van der Waals surface area contributed by atoms with Crippen LogP contribution in [0.25, 0.3) is 5.03 Å². The molecule has 0 bridgehead atoms. The van der Waals surface area contributed by atoms with E-state index < -0.39 is 0 Å². The summed E-state index contributed by atoms with van der Waals surface area (Å²) in [6, 6.07) is 9.19. The van der Waals surface area contributed by atoms with E-state index in [1.54, 1.807) is 24.3 Å². The van der Waals surface area contributed by atoms with E-state index in [0.29, 0.717) is 22.0 Å². The Bertz CT molecular complexity index is 385. The number of nitrogens with zero attached hydrogens (tertiary/aromatic N) is 1. The smallest absolute Gasteiger partial charge is 0.0962 e. The molecule has 0 heterocycles. The highest BCUT2D eigenvalue weighted by Crippen LogP contribution is 2.25. The Morgan fingerprint density at radius 2 is 1.93 bits per heavy atom. The number of rotatable bonds is 2. The molecule has 1 aromatic rings. The summed E-state index contributed by atoms with van der Waals surface area (Å²) < 4.78 is 0. The fraction of sp³-hybridized carbons (Fsp3) is 0.182. The van der Waals surface area contributed by atoms with E-state index in [0.717, 1.165) is 5.56 Å². The number of nitriles is 1. The third-order valence-electron chi connectivity index (χ3n) is 1.85. The van der Waals surface area contributed by atoms with E-state index in [4.69, 9.17) is 28.5 Å². The maximum atomic E-state index is 8.79. The lowest BCUT2D eigenvalue weighted by atomic mass is 10.1. The minimum Gasteiger partial charge on any atom is -0.193 e. The molecule has 0 fully saturated rings. The summed E-state index contributed by atoms with van der Waals surface area (Å²) in [7, 11) is 0. The van der Waals surface area contributed by atoms with Gasteiger partial charge in [0.05, 0.1) is 11.1 Å². The van der Waals surface area contributed by atoms with Crippen LogP contribution in [0.3, 0.4) is 0 Å². The van der Waals surface area contributed by atoms with Gasteiger partial charge in [-0.05, 0) is 24.1 Å². The monoisotopic (exact) mass is 225 g/mol. The van der Waals surface area contributed by atoms with Crippen molar-refractivity contribution >= 4 is 28.2 Å². The Hall–Kier alpha value is -0.970. The van der Waals surface area contributed by atoms with Gasteiger partial charge in [0.1, 0.15) is 0 Å². The van der Waals surface area contributed by atoms with Gasteiger partial charge in [0.15, 0.2) is 0 Å². The zero-order valence-corrected chi connectivity index (χ0v) is 9.23. The van der Waals surface area contributed by atoms with Gasteiger partial charge in [-0.3, -0.25) is 0 Å². The molecule has 0 saturated carbocycles. The van der Waals surface area contributed by atoms with Gasteiger partial charge < -0.3 is 0 Å². The highest BCUT2D eigenvalue weighted by molar-refractivity contribution is 6.49. The van der Waals surface area contributed by atoms with Crippen molar-refractivity contribution in [2.75, 3.05) is 0 Å². The maximum Gasteiger partial charge on any atom is 0.0962 e. The second-order valence-electron chi connectivity index (χ2n) is 2.76. The second-order valence-corrected chi connectivity index (χ2v) is 3.58. The molecule has 72 valence electrons. The van der Waals surface area contributed by atoms with E-state index in [1.165, 1.54) is 0 Å². The number of halogens is 2. The van der Waals surface area contributed by atoms with Gasteiger partial charge in [0.25, 0.3) is 0 Å². The Balaban J connectivity index is 3.12. The van der Waals surface area contributed by atoms with Crippen LogP contribution in [0.15, 0.2) is 29.8 Å². The average molecular weight is 226 g/mol. The van der Waals surface area contributed by atoms with Crippen molar-refractivity contribution in [2.24, 2.45) is 0 Å². The fourth-order valence-electron chi connectivity index (χ4n) is 1.05. The van der Waals surface area contributed by atoms with Gasteiger partial charge in [0.2, 0.25) is 0 Å². The van der Waals surface area contributed by atoms with Crippen molar-refractivity contribution < 1.29 is 0 Å². The largest absolute Gasteiger partial charge is 0.193 e. The summed E-state index contributed by atoms with van der Waals surface area (Å²) in [6.07, 6.45) is 0.637. The van der Waals surface area contributed by atoms with Crippen molar-refractivity contribution in [2.45, 2.75) is 13.3 Å². The summed E-state index contributed by atoms with van der Waals surface area (Å²) >= 11 is 11.8. The molecule has 0 aliphatic rings. The van der Waals surface area contributed by atoms with Crippen LogP contribution < -0.4 is 0 Å². The van der Waals surface area contributed by atoms with Gasteiger partial charge in [-0.15, -0.1) is 0 Å². The van der Waals surface area contributed by atoms with Gasteiger partial charge >= 0.3 is 0 Å². The van der Waals surface area contributed by atoms with Crippen LogP contribution in [0.1, 0.15) is 18.9 Å². The minimum atomic E-state index is 0.506. The molecular weight excluding hydrogens is 217 g/mol. The molecule has 1 aromatic carbocycles. The lowest BCUT2D eigenvalue weighted by molar-refractivity contribution is 1.16. The first-order chi connectivity index (χ1) is 6.69. The van der Waals surface area contributed by atoms with Crippen molar-refractivity contribution in [3.8, 4) is 6.07 Å². The Labute approximate surface area is 93.6 Å². The number of hydrogen-bond acceptors (Lipinski definition) is 1. The third-order valence-corrected chi connectivity index (χ3v) is 2.55. The Morgan fingerprint density at radius 1 is 1.36 bits per heavy atom. The van der Waals surface area contributed by atoms with Crippen LogP contribution in [0.5, 0.6) is 0 Å². The van der Waals surface area contributed by atoms with E-state index in [1.807, 2.05) is 6.92 Å². The molecule has 0 radical (unpaired) electrons. The predicted molar refractivity (Wildman–Crippen MR) is 60.1 cm³/mol. The highest BCUT2D eigenvalue weighted by atomic mass is 35.5. The third kappa shape index (κ3) is 2.51. The van der Waals surface area contributed by atoms with Crippen LogP contribution in [0.4, 0.5) is 0 Å². The first kappa shape index (κ1) is 11.1. The van der Waals surface area contributed by atoms with Gasteiger partial charge in [-0.1, -0.05) is 42.3 Å². The molecule has 0 unspecified atom stereocenters. The van der Waals surface area contributed by atoms with Crippen LogP contribution in [-0.2, 0) is 0 Å². The molecule has 0 spiro atoms. The molecule has 0 atom stereocenters. The van der Waals surface area contributed by atoms with Gasteiger partial charge in [-0.2, -0.15) is 5.26 Å². The summed E-state index contributed by atoms with van der Waals surface area (Å²) in [5, 5.41) is 9.96. The topological polar surface area (TPSA) is 23.8 Å². The van der Waals surface area contributed by atoms with Crippen molar-refractivity contribution in [1.82, 2.24) is 0 Å². The molecule has 0 aromatic heterocycles. The van der Waals surface area contributed by atoms with Crippen molar-refractivity contribution in [3.63, 3.8) is 0 Å². The Morgan fingerprint density at radius 3 is 2.36 bits per heavy atom. The molecule has 1 rings (SSSR count). The van der Waals surface area contributed by atoms with Crippen molar-refractivity contribution in [1.29, 1.82) is 5.26 Å². The molecule has 0 aliphatic carbocycles. The number of allylic oxidation sites excluding steroid dienone is 1. The zero-order valence-electron chi connectivity index (χ0n) is 7.72. The van der Waals surface area contributed by atoms with E-state index in [9.17, 15) is 0 Å². The van der Waals surface area contributed by atoms with Crippen LogP contribution in [-0.4, -0.2) is 0 Å². The average Bonchev–Trinajstić information content (AvgIpc) is 2.20. The second kappa shape index (κ2) is 5.05.